The molecule has 198 valence electrons. The van der Waals surface area contributed by atoms with Crippen molar-refractivity contribution in [3.05, 3.63) is 76.3 Å². The number of amidine groups is 1. The second kappa shape index (κ2) is 10.3. The summed E-state index contributed by atoms with van der Waals surface area (Å²) in [6.07, 6.45) is 2.85. The number of nitrogen functional groups attached to an aromatic ring is 1. The number of unbranched alkanes of at least 4 members (excludes halogenated alkanes) is 1. The van der Waals surface area contributed by atoms with Crippen LogP contribution in [-0.4, -0.2) is 31.3 Å². The Morgan fingerprint density at radius 2 is 1.82 bits per heavy atom. The molecule has 2 aliphatic rings. The number of imidazole rings is 1. The van der Waals surface area contributed by atoms with Crippen LogP contribution >= 0.6 is 23.2 Å². The van der Waals surface area contributed by atoms with Crippen LogP contribution in [0.15, 0.2) is 74.9 Å². The molecule has 10 nitrogen and oxygen atoms in total. The summed E-state index contributed by atoms with van der Waals surface area (Å²) in [4.78, 5) is 13.1. The fourth-order valence-corrected chi connectivity index (χ4v) is 5.28. The lowest BCUT2D eigenvalue weighted by Gasteiger charge is -2.30. The van der Waals surface area contributed by atoms with Gasteiger partial charge in [-0.05, 0) is 49.7 Å². The van der Waals surface area contributed by atoms with E-state index in [1.54, 1.807) is 28.9 Å². The molecular formula is C27H26Cl2N10. The molecular weight excluding hydrogens is 535 g/mol. The van der Waals surface area contributed by atoms with Crippen LogP contribution in [0.4, 0.5) is 28.7 Å². The van der Waals surface area contributed by atoms with Crippen molar-refractivity contribution in [3.63, 3.8) is 0 Å². The zero-order valence-electron chi connectivity index (χ0n) is 21.4. The molecule has 6 rings (SSSR count). The van der Waals surface area contributed by atoms with Crippen LogP contribution < -0.4 is 10.7 Å². The van der Waals surface area contributed by atoms with E-state index in [1.165, 1.54) is 0 Å². The predicted molar refractivity (Wildman–Crippen MR) is 155 cm³/mol. The molecule has 0 bridgehead atoms. The van der Waals surface area contributed by atoms with E-state index >= 15 is 0 Å². The third-order valence-corrected chi connectivity index (χ3v) is 7.32. The van der Waals surface area contributed by atoms with Crippen LogP contribution in [0.1, 0.15) is 44.2 Å². The number of anilines is 2. The smallest absolute Gasteiger partial charge is 0.183 e. The van der Waals surface area contributed by atoms with Crippen molar-refractivity contribution < 1.29 is 0 Å². The standard InChI is InChI=1S/C27H26Cl2N10/c1-3-4-10-19-31-21(24(29)32-19)23-20-15(2)36-38(18-8-6-5-7-9-18)26(20)33-27-22(25(30)37-39(23)27)35-34-17-13-11-16(28)12-14-17/h5-9,11-14,20,23H,3-4,10H2,1-2H3,(H2,30,37)(H,31,32)/t20-,23+/m1/s1. The predicted octanol–water partition coefficient (Wildman–Crippen LogP) is 7.40. The first-order valence-corrected chi connectivity index (χ1v) is 13.5. The number of aromatic amines is 1. The van der Waals surface area contributed by atoms with Gasteiger partial charge in [-0.1, -0.05) is 54.7 Å². The zero-order valence-corrected chi connectivity index (χ0v) is 22.9. The Hall–Kier alpha value is -4.02. The molecule has 4 heterocycles. The summed E-state index contributed by atoms with van der Waals surface area (Å²) >= 11 is 12.8. The number of hydrazone groups is 1. The van der Waals surface area contributed by atoms with Crippen molar-refractivity contribution >= 4 is 63.4 Å². The third-order valence-electron chi connectivity index (χ3n) is 6.78. The topological polar surface area (TPSA) is 125 Å². The lowest BCUT2D eigenvalue weighted by molar-refractivity contribution is 0.479. The molecule has 0 saturated heterocycles. The number of halogens is 2. The summed E-state index contributed by atoms with van der Waals surface area (Å²) in [5, 5.41) is 21.2. The highest BCUT2D eigenvalue weighted by Gasteiger charge is 2.46. The second-order valence-electron chi connectivity index (χ2n) is 9.45. The number of nitrogens with one attached hydrogen (secondary N) is 1. The van der Waals surface area contributed by atoms with Gasteiger partial charge in [0, 0.05) is 17.2 Å². The SMILES string of the molecule is CCCCc1nc(Cl)c([C@@H]2[C@H]3C(C)=NN(c4ccccc4)C3=Nc3c(N=Nc4ccc(Cl)cc4)c(N)nn32)[nH]1. The number of hydrogen-bond donors (Lipinski definition) is 2. The van der Waals surface area contributed by atoms with Gasteiger partial charge in [0.15, 0.2) is 22.5 Å². The highest BCUT2D eigenvalue weighted by molar-refractivity contribution is 6.30. The largest absolute Gasteiger partial charge is 0.380 e. The van der Waals surface area contributed by atoms with Gasteiger partial charge in [0.1, 0.15) is 17.7 Å². The van der Waals surface area contributed by atoms with Gasteiger partial charge in [0.05, 0.1) is 23.0 Å². The number of hydrogen-bond acceptors (Lipinski definition) is 8. The molecule has 39 heavy (non-hydrogen) atoms. The maximum absolute atomic E-state index is 6.75. The Balaban J connectivity index is 1.50. The molecule has 3 N–H and O–H groups in total. The van der Waals surface area contributed by atoms with Gasteiger partial charge in [-0.15, -0.1) is 5.11 Å². The molecule has 2 aliphatic heterocycles. The minimum atomic E-state index is -0.415. The molecule has 2 aromatic heterocycles. The first kappa shape index (κ1) is 25.3. The zero-order chi connectivity index (χ0) is 27.1. The molecule has 0 unspecified atom stereocenters. The fourth-order valence-electron chi connectivity index (χ4n) is 4.89. The molecule has 2 atom stereocenters. The van der Waals surface area contributed by atoms with E-state index in [0.29, 0.717) is 27.4 Å². The lowest BCUT2D eigenvalue weighted by atomic mass is 9.91. The van der Waals surface area contributed by atoms with Crippen molar-refractivity contribution in [1.29, 1.82) is 0 Å². The normalized spacial score (nSPS) is 18.3. The summed E-state index contributed by atoms with van der Waals surface area (Å²) in [6.45, 7) is 4.13. The number of aromatic nitrogens is 4. The van der Waals surface area contributed by atoms with Crippen molar-refractivity contribution in [2.24, 2.45) is 26.2 Å². The maximum atomic E-state index is 6.75. The van der Waals surface area contributed by atoms with E-state index in [4.69, 9.17) is 39.0 Å². The first-order valence-electron chi connectivity index (χ1n) is 12.7. The van der Waals surface area contributed by atoms with Crippen molar-refractivity contribution in [2.45, 2.75) is 39.2 Å². The number of aliphatic imine (C=N–C) groups is 1. The Morgan fingerprint density at radius 1 is 1.05 bits per heavy atom. The summed E-state index contributed by atoms with van der Waals surface area (Å²) < 4.78 is 1.76. The number of azo groups is 1. The van der Waals surface area contributed by atoms with Crippen LogP contribution in [0.3, 0.4) is 0 Å². The van der Waals surface area contributed by atoms with E-state index in [1.807, 2.05) is 42.3 Å². The molecule has 12 heteroatoms. The minimum absolute atomic E-state index is 0.208. The molecule has 4 aromatic rings. The van der Waals surface area contributed by atoms with E-state index in [0.717, 1.165) is 48.0 Å². The maximum Gasteiger partial charge on any atom is 0.183 e. The Labute approximate surface area is 235 Å². The first-order chi connectivity index (χ1) is 18.9. The molecule has 0 spiro atoms. The van der Waals surface area contributed by atoms with E-state index in [9.17, 15) is 0 Å². The number of nitrogens with zero attached hydrogens (tertiary/aromatic N) is 8. The van der Waals surface area contributed by atoms with Gasteiger partial charge >= 0.3 is 0 Å². The average Bonchev–Trinajstić information content (AvgIpc) is 3.58. The molecule has 0 aliphatic carbocycles. The van der Waals surface area contributed by atoms with Gasteiger partial charge in [-0.25, -0.2) is 19.7 Å². The molecule has 0 amide bonds. The second-order valence-corrected chi connectivity index (χ2v) is 10.2. The number of H-pyrrole nitrogens is 1. The Morgan fingerprint density at radius 3 is 2.56 bits per heavy atom. The van der Waals surface area contributed by atoms with Crippen LogP contribution in [0.25, 0.3) is 0 Å². The number of nitrogens with two attached hydrogens (primary N) is 1. The molecule has 2 aromatic carbocycles. The quantitative estimate of drug-likeness (QED) is 0.228. The lowest BCUT2D eigenvalue weighted by Crippen LogP contribution is -2.38. The minimum Gasteiger partial charge on any atom is -0.380 e. The number of rotatable bonds is 7. The molecule has 0 radical (unpaired) electrons. The Bertz CT molecular complexity index is 1600. The van der Waals surface area contributed by atoms with Gasteiger partial charge in [0.2, 0.25) is 0 Å². The average molecular weight is 561 g/mol. The van der Waals surface area contributed by atoms with E-state index in [-0.39, 0.29) is 11.7 Å². The third kappa shape index (κ3) is 4.59. The number of benzene rings is 2. The summed E-state index contributed by atoms with van der Waals surface area (Å²) in [5.41, 5.74) is 9.89. The van der Waals surface area contributed by atoms with Gasteiger partial charge < -0.3 is 10.7 Å². The van der Waals surface area contributed by atoms with Gasteiger partial charge in [-0.3, -0.25) is 0 Å². The van der Waals surface area contributed by atoms with Gasteiger partial charge in [0.25, 0.3) is 0 Å². The van der Waals surface area contributed by atoms with Crippen LogP contribution in [0.5, 0.6) is 0 Å². The van der Waals surface area contributed by atoms with Crippen molar-refractivity contribution in [1.82, 2.24) is 19.7 Å². The van der Waals surface area contributed by atoms with Gasteiger partial charge in [-0.2, -0.15) is 15.3 Å². The number of para-hydroxylation sites is 1. The van der Waals surface area contributed by atoms with Crippen LogP contribution in [0.2, 0.25) is 10.2 Å². The van der Waals surface area contributed by atoms with Crippen LogP contribution in [0, 0.1) is 5.92 Å². The van der Waals surface area contributed by atoms with E-state index < -0.39 is 6.04 Å². The van der Waals surface area contributed by atoms with E-state index in [2.05, 4.69) is 32.2 Å². The summed E-state index contributed by atoms with van der Waals surface area (Å²) in [6, 6.07) is 16.5. The molecule has 0 saturated carbocycles. The van der Waals surface area contributed by atoms with Crippen molar-refractivity contribution in [3.8, 4) is 0 Å². The number of aryl methyl sites for hydroxylation is 1. The monoisotopic (exact) mass is 560 g/mol. The highest BCUT2D eigenvalue weighted by Crippen LogP contribution is 2.48. The van der Waals surface area contributed by atoms with Crippen LogP contribution in [-0.2, 0) is 6.42 Å². The fraction of sp³-hybridized carbons (Fsp3) is 0.259. The molecule has 0 fully saturated rings. The summed E-state index contributed by atoms with van der Waals surface area (Å²) in [7, 11) is 0. The highest BCUT2D eigenvalue weighted by atomic mass is 35.5. The summed E-state index contributed by atoms with van der Waals surface area (Å²) in [5.74, 6) is 1.97. The number of fused-ring (bicyclic) bond motifs is 2. The van der Waals surface area contributed by atoms with Crippen molar-refractivity contribution in [2.75, 3.05) is 10.7 Å². The Kier molecular flexibility index (Phi) is 6.66.